The first-order chi connectivity index (χ1) is 8.68. The van der Waals surface area contributed by atoms with Crippen LogP contribution >= 0.6 is 11.8 Å². The molecule has 0 aliphatic carbocycles. The SMILES string of the molecule is OC1c2ccc(F)c(F)c2CSc2ccnnc21. The van der Waals surface area contributed by atoms with Crippen LogP contribution in [0.5, 0.6) is 0 Å². The molecular formula is C12H8F2N2OS. The minimum absolute atomic E-state index is 0.186. The first kappa shape index (κ1) is 11.6. The van der Waals surface area contributed by atoms with E-state index in [4.69, 9.17) is 0 Å². The highest BCUT2D eigenvalue weighted by Gasteiger charge is 2.26. The molecule has 1 aromatic carbocycles. The normalized spacial score (nSPS) is 17.8. The predicted octanol–water partition coefficient (Wildman–Crippen LogP) is 2.44. The third-order valence-electron chi connectivity index (χ3n) is 2.87. The zero-order valence-corrected chi connectivity index (χ0v) is 9.92. The number of halogens is 2. The molecule has 1 aliphatic heterocycles. The second-order valence-electron chi connectivity index (χ2n) is 3.90. The van der Waals surface area contributed by atoms with Crippen molar-refractivity contribution in [1.29, 1.82) is 0 Å². The zero-order chi connectivity index (χ0) is 12.7. The first-order valence-electron chi connectivity index (χ1n) is 5.27. The van der Waals surface area contributed by atoms with Gasteiger partial charge in [0.1, 0.15) is 11.8 Å². The van der Waals surface area contributed by atoms with Gasteiger partial charge in [-0.3, -0.25) is 0 Å². The number of fused-ring (bicyclic) bond motifs is 2. The Morgan fingerprint density at radius 2 is 2.11 bits per heavy atom. The lowest BCUT2D eigenvalue weighted by Crippen LogP contribution is -2.07. The molecule has 18 heavy (non-hydrogen) atoms. The molecule has 92 valence electrons. The number of rotatable bonds is 0. The Balaban J connectivity index is 2.21. The van der Waals surface area contributed by atoms with E-state index in [9.17, 15) is 13.9 Å². The van der Waals surface area contributed by atoms with E-state index in [1.54, 1.807) is 6.07 Å². The van der Waals surface area contributed by atoms with Crippen LogP contribution in [-0.2, 0) is 5.75 Å². The largest absolute Gasteiger partial charge is 0.382 e. The van der Waals surface area contributed by atoms with Gasteiger partial charge in [-0.2, -0.15) is 10.2 Å². The summed E-state index contributed by atoms with van der Waals surface area (Å²) < 4.78 is 26.9. The average Bonchev–Trinajstić information content (AvgIpc) is 2.53. The van der Waals surface area contributed by atoms with Crippen LogP contribution in [0.3, 0.4) is 0 Å². The van der Waals surface area contributed by atoms with Crippen LogP contribution in [0.15, 0.2) is 29.3 Å². The van der Waals surface area contributed by atoms with Crippen molar-refractivity contribution in [3.63, 3.8) is 0 Å². The van der Waals surface area contributed by atoms with Gasteiger partial charge >= 0.3 is 0 Å². The molecule has 0 amide bonds. The highest BCUT2D eigenvalue weighted by molar-refractivity contribution is 7.98. The monoisotopic (exact) mass is 266 g/mol. The second kappa shape index (κ2) is 4.29. The Morgan fingerprint density at radius 3 is 2.94 bits per heavy atom. The van der Waals surface area contributed by atoms with Crippen molar-refractivity contribution in [3.8, 4) is 0 Å². The number of aliphatic hydroxyl groups excluding tert-OH is 1. The standard InChI is InChI=1S/C12H8F2N2OS/c13-8-2-1-6-7(10(8)14)5-18-9-3-4-15-16-11(9)12(6)17/h1-4,12,17H,5H2. The minimum atomic E-state index is -1.08. The molecule has 3 nitrogen and oxygen atoms in total. The smallest absolute Gasteiger partial charge is 0.163 e. The van der Waals surface area contributed by atoms with Crippen LogP contribution in [0.2, 0.25) is 0 Å². The van der Waals surface area contributed by atoms with Crippen LogP contribution in [-0.4, -0.2) is 15.3 Å². The van der Waals surface area contributed by atoms with E-state index in [1.165, 1.54) is 24.0 Å². The fraction of sp³-hybridized carbons (Fsp3) is 0.167. The van der Waals surface area contributed by atoms with Crippen LogP contribution in [0.1, 0.15) is 22.9 Å². The second-order valence-corrected chi connectivity index (χ2v) is 4.92. The van der Waals surface area contributed by atoms with Crippen LogP contribution in [0, 0.1) is 11.6 Å². The first-order valence-corrected chi connectivity index (χ1v) is 6.26. The molecule has 1 aromatic heterocycles. The van der Waals surface area contributed by atoms with Crippen molar-refractivity contribution in [3.05, 3.63) is 52.9 Å². The van der Waals surface area contributed by atoms with E-state index >= 15 is 0 Å². The van der Waals surface area contributed by atoms with Crippen molar-refractivity contribution in [2.75, 3.05) is 0 Å². The molecule has 0 fully saturated rings. The van der Waals surface area contributed by atoms with Crippen molar-refractivity contribution >= 4 is 11.8 Å². The summed E-state index contributed by atoms with van der Waals surface area (Å²) in [5.41, 5.74) is 0.915. The molecule has 0 bridgehead atoms. The molecule has 1 atom stereocenters. The number of aromatic nitrogens is 2. The van der Waals surface area contributed by atoms with Gasteiger partial charge in [-0.05, 0) is 17.7 Å². The highest BCUT2D eigenvalue weighted by Crippen LogP contribution is 2.39. The van der Waals surface area contributed by atoms with Crippen molar-refractivity contribution in [2.24, 2.45) is 0 Å². The average molecular weight is 266 g/mol. The molecule has 3 rings (SSSR count). The van der Waals surface area contributed by atoms with Gasteiger partial charge in [-0.15, -0.1) is 11.8 Å². The Bertz CT molecular complexity index is 621. The van der Waals surface area contributed by atoms with Gasteiger partial charge in [-0.1, -0.05) is 6.07 Å². The number of hydrogen-bond acceptors (Lipinski definition) is 4. The summed E-state index contributed by atoms with van der Waals surface area (Å²) >= 11 is 1.31. The number of hydrogen-bond donors (Lipinski definition) is 1. The van der Waals surface area contributed by atoms with Gasteiger partial charge in [-0.25, -0.2) is 8.78 Å². The third kappa shape index (κ3) is 1.69. The number of benzene rings is 1. The topological polar surface area (TPSA) is 46.0 Å². The van der Waals surface area contributed by atoms with E-state index in [1.807, 2.05) is 0 Å². The molecule has 0 radical (unpaired) electrons. The molecule has 0 saturated carbocycles. The van der Waals surface area contributed by atoms with Gasteiger partial charge in [0.15, 0.2) is 11.6 Å². The summed E-state index contributed by atoms with van der Waals surface area (Å²) in [7, 11) is 0. The Kier molecular flexibility index (Phi) is 2.76. The Morgan fingerprint density at radius 1 is 1.28 bits per heavy atom. The van der Waals surface area contributed by atoms with E-state index in [-0.39, 0.29) is 11.3 Å². The molecule has 1 aliphatic rings. The third-order valence-corrected chi connectivity index (χ3v) is 3.96. The molecule has 1 unspecified atom stereocenters. The minimum Gasteiger partial charge on any atom is -0.382 e. The van der Waals surface area contributed by atoms with E-state index in [0.717, 1.165) is 11.0 Å². The van der Waals surface area contributed by atoms with Crippen LogP contribution in [0.25, 0.3) is 0 Å². The number of aliphatic hydroxyl groups is 1. The van der Waals surface area contributed by atoms with Crippen LogP contribution < -0.4 is 0 Å². The van der Waals surface area contributed by atoms with E-state index in [2.05, 4.69) is 10.2 Å². The molecule has 0 saturated heterocycles. The number of thioether (sulfide) groups is 1. The molecule has 2 heterocycles. The van der Waals surface area contributed by atoms with Crippen molar-refractivity contribution < 1.29 is 13.9 Å². The van der Waals surface area contributed by atoms with Gasteiger partial charge in [0.05, 0.1) is 6.20 Å². The van der Waals surface area contributed by atoms with Gasteiger partial charge in [0, 0.05) is 16.2 Å². The summed E-state index contributed by atoms with van der Waals surface area (Å²) in [6.45, 7) is 0. The number of nitrogens with zero attached hydrogens (tertiary/aromatic N) is 2. The molecule has 1 N–H and O–H groups in total. The fourth-order valence-corrected chi connectivity index (χ4v) is 3.00. The summed E-state index contributed by atoms with van der Waals surface area (Å²) in [5.74, 6) is -1.55. The zero-order valence-electron chi connectivity index (χ0n) is 9.10. The lowest BCUT2D eigenvalue weighted by atomic mass is 10.0. The maximum Gasteiger partial charge on any atom is 0.163 e. The fourth-order valence-electron chi connectivity index (χ4n) is 1.95. The molecule has 2 aromatic rings. The van der Waals surface area contributed by atoms with Gasteiger partial charge < -0.3 is 5.11 Å². The summed E-state index contributed by atoms with van der Waals surface area (Å²) in [5, 5.41) is 17.8. The van der Waals surface area contributed by atoms with Crippen LogP contribution in [0.4, 0.5) is 8.78 Å². The van der Waals surface area contributed by atoms with Gasteiger partial charge in [0.2, 0.25) is 0 Å². The molecular weight excluding hydrogens is 258 g/mol. The quantitative estimate of drug-likeness (QED) is 0.795. The summed E-state index contributed by atoms with van der Waals surface area (Å²) in [6, 6.07) is 4.11. The lowest BCUT2D eigenvalue weighted by Gasteiger charge is -2.12. The Hall–Kier alpha value is -1.53. The molecule has 0 spiro atoms. The highest BCUT2D eigenvalue weighted by atomic mass is 32.2. The molecule has 6 heteroatoms. The maximum absolute atomic E-state index is 13.7. The van der Waals surface area contributed by atoms with E-state index in [0.29, 0.717) is 11.3 Å². The van der Waals surface area contributed by atoms with E-state index < -0.39 is 17.7 Å². The summed E-state index contributed by atoms with van der Waals surface area (Å²) in [4.78, 5) is 0.730. The maximum atomic E-state index is 13.7. The van der Waals surface area contributed by atoms with Crippen molar-refractivity contribution in [1.82, 2.24) is 10.2 Å². The predicted molar refractivity (Wildman–Crippen MR) is 62.0 cm³/mol. The Labute approximate surface area is 106 Å². The lowest BCUT2D eigenvalue weighted by molar-refractivity contribution is 0.209. The van der Waals surface area contributed by atoms with Gasteiger partial charge in [0.25, 0.3) is 0 Å². The van der Waals surface area contributed by atoms with Crippen molar-refractivity contribution in [2.45, 2.75) is 16.8 Å². The summed E-state index contributed by atoms with van der Waals surface area (Å²) in [6.07, 6.45) is 0.430.